The summed E-state index contributed by atoms with van der Waals surface area (Å²) in [6.07, 6.45) is 0. The molecule has 0 unspecified atom stereocenters. The Morgan fingerprint density at radius 1 is 0.774 bits per heavy atom. The molecule has 0 atom stereocenters. The second-order valence-electron chi connectivity index (χ2n) is 8.96. The van der Waals surface area contributed by atoms with Gasteiger partial charge in [0.2, 0.25) is 8.32 Å². The third-order valence-corrected chi connectivity index (χ3v) is 11.1. The van der Waals surface area contributed by atoms with Gasteiger partial charge in [-0.25, -0.2) is 9.97 Å². The predicted molar refractivity (Wildman–Crippen MR) is 135 cm³/mol. The Balaban J connectivity index is 2.13. The van der Waals surface area contributed by atoms with Crippen molar-refractivity contribution in [1.82, 2.24) is 9.97 Å². The molecule has 0 aliphatic rings. The molecule has 3 rings (SSSR count). The van der Waals surface area contributed by atoms with E-state index in [1.807, 2.05) is 60.7 Å². The maximum atomic E-state index is 6.47. The first-order valence-electron chi connectivity index (χ1n) is 10.1. The van der Waals surface area contributed by atoms with Crippen molar-refractivity contribution in [2.24, 2.45) is 0 Å². The number of halogens is 2. The average Bonchev–Trinajstić information content (AvgIpc) is 2.69. The minimum Gasteiger partial charge on any atom is -0.544 e. The molecule has 0 spiro atoms. The molecule has 2 aromatic heterocycles. The first-order chi connectivity index (χ1) is 14.5. The van der Waals surface area contributed by atoms with Crippen LogP contribution in [0.2, 0.25) is 18.1 Å². The third-order valence-electron chi connectivity index (χ3n) is 5.90. The lowest BCUT2D eigenvalue weighted by Crippen LogP contribution is -2.43. The van der Waals surface area contributed by atoms with E-state index in [0.717, 1.165) is 31.9 Å². The van der Waals surface area contributed by atoms with Gasteiger partial charge >= 0.3 is 0 Å². The van der Waals surface area contributed by atoms with Crippen LogP contribution in [0.5, 0.6) is 5.75 Å². The molecular formula is C24H28Br2N2O2Si. The number of hydrogen-bond donors (Lipinski definition) is 0. The fourth-order valence-corrected chi connectivity index (χ4v) is 4.89. The molecule has 7 heteroatoms. The van der Waals surface area contributed by atoms with Gasteiger partial charge in [-0.2, -0.15) is 0 Å². The van der Waals surface area contributed by atoms with Crippen LogP contribution < -0.4 is 4.43 Å². The van der Waals surface area contributed by atoms with E-state index in [9.17, 15) is 0 Å². The Labute approximate surface area is 202 Å². The van der Waals surface area contributed by atoms with Crippen LogP contribution in [0.3, 0.4) is 0 Å². The lowest BCUT2D eigenvalue weighted by atomic mass is 9.86. The number of benzene rings is 1. The van der Waals surface area contributed by atoms with E-state index in [1.54, 1.807) is 7.11 Å². The highest BCUT2D eigenvalue weighted by Gasteiger charge is 2.41. The molecule has 0 amide bonds. The highest BCUT2D eigenvalue weighted by Crippen LogP contribution is 2.41. The van der Waals surface area contributed by atoms with Crippen LogP contribution in [-0.4, -0.2) is 25.4 Å². The van der Waals surface area contributed by atoms with Crippen LogP contribution in [0.4, 0.5) is 0 Å². The van der Waals surface area contributed by atoms with E-state index in [0.29, 0.717) is 0 Å². The van der Waals surface area contributed by atoms with Crippen LogP contribution in [0.25, 0.3) is 0 Å². The number of pyridine rings is 2. The van der Waals surface area contributed by atoms with Crippen molar-refractivity contribution in [3.05, 3.63) is 86.8 Å². The summed E-state index contributed by atoms with van der Waals surface area (Å²) >= 11 is 6.99. The number of hydrogen-bond acceptors (Lipinski definition) is 4. The first-order valence-corrected chi connectivity index (χ1v) is 14.6. The van der Waals surface area contributed by atoms with Gasteiger partial charge in [-0.15, -0.1) is 0 Å². The molecule has 0 aliphatic carbocycles. The SMILES string of the molecule is COC(c1ccc(O[Si](C)(C)C(C)(C)C)cc1)(c1cccc(Br)n1)c1cccc(Br)n1. The van der Waals surface area contributed by atoms with Crippen molar-refractivity contribution in [2.75, 3.05) is 7.11 Å². The van der Waals surface area contributed by atoms with E-state index in [2.05, 4.69) is 65.7 Å². The van der Waals surface area contributed by atoms with Gasteiger partial charge in [0.1, 0.15) is 15.0 Å². The van der Waals surface area contributed by atoms with Crippen LogP contribution in [0.1, 0.15) is 37.7 Å². The monoisotopic (exact) mass is 562 g/mol. The maximum absolute atomic E-state index is 6.47. The van der Waals surface area contributed by atoms with Gasteiger partial charge in [-0.3, -0.25) is 0 Å². The number of ether oxygens (including phenoxy) is 1. The molecule has 3 aromatic rings. The van der Waals surface area contributed by atoms with E-state index in [4.69, 9.17) is 19.1 Å². The fourth-order valence-electron chi connectivity index (χ4n) is 3.17. The van der Waals surface area contributed by atoms with E-state index in [1.165, 1.54) is 0 Å². The van der Waals surface area contributed by atoms with Crippen molar-refractivity contribution in [3.63, 3.8) is 0 Å². The number of methoxy groups -OCH3 is 1. The summed E-state index contributed by atoms with van der Waals surface area (Å²) in [4.78, 5) is 9.45. The van der Waals surface area contributed by atoms with Gasteiger partial charge < -0.3 is 9.16 Å². The Bertz CT molecular complexity index is 1000. The van der Waals surface area contributed by atoms with Crippen molar-refractivity contribution < 1.29 is 9.16 Å². The first kappa shape index (κ1) is 24.1. The molecule has 0 fully saturated rings. The normalized spacial score (nSPS) is 12.6. The molecule has 0 bridgehead atoms. The van der Waals surface area contributed by atoms with Crippen molar-refractivity contribution in [3.8, 4) is 5.75 Å². The van der Waals surface area contributed by atoms with Crippen LogP contribution >= 0.6 is 31.9 Å². The fraction of sp³-hybridized carbons (Fsp3) is 0.333. The van der Waals surface area contributed by atoms with Gasteiger partial charge in [0, 0.05) is 7.11 Å². The Hall–Kier alpha value is -1.54. The van der Waals surface area contributed by atoms with Crippen molar-refractivity contribution in [2.45, 2.75) is 44.5 Å². The molecule has 31 heavy (non-hydrogen) atoms. The Kier molecular flexibility index (Phi) is 7.10. The summed E-state index contributed by atoms with van der Waals surface area (Å²) in [5.74, 6) is 0.866. The summed E-state index contributed by atoms with van der Waals surface area (Å²) in [5.41, 5.74) is 1.44. The molecule has 1 aromatic carbocycles. The second-order valence-corrected chi connectivity index (χ2v) is 15.3. The summed E-state index contributed by atoms with van der Waals surface area (Å²) in [6.45, 7) is 11.2. The minimum absolute atomic E-state index is 0.127. The largest absolute Gasteiger partial charge is 0.544 e. The molecule has 2 heterocycles. The van der Waals surface area contributed by atoms with Crippen LogP contribution in [-0.2, 0) is 10.3 Å². The van der Waals surface area contributed by atoms with Crippen LogP contribution in [0.15, 0.2) is 69.9 Å². The molecule has 164 valence electrons. The summed E-state index contributed by atoms with van der Waals surface area (Å²) in [5, 5.41) is 0.127. The number of nitrogens with zero attached hydrogens (tertiary/aromatic N) is 2. The van der Waals surface area contributed by atoms with E-state index in [-0.39, 0.29) is 5.04 Å². The van der Waals surface area contributed by atoms with Gasteiger partial charge in [-0.1, -0.05) is 45.0 Å². The van der Waals surface area contributed by atoms with Crippen molar-refractivity contribution in [1.29, 1.82) is 0 Å². The Morgan fingerprint density at radius 3 is 1.65 bits per heavy atom. The summed E-state index contributed by atoms with van der Waals surface area (Å²) in [6, 6.07) is 19.7. The topological polar surface area (TPSA) is 44.2 Å². The standard InChI is InChI=1S/C24H28Br2N2O2Si/c1-23(2,3)31(5,6)30-18-15-13-17(14-16-18)24(29-4,19-9-7-11-21(25)27-19)20-10-8-12-22(26)28-20/h7-16H,1-6H3. The van der Waals surface area contributed by atoms with Gasteiger partial charge in [0.25, 0.3) is 0 Å². The lowest BCUT2D eigenvalue weighted by Gasteiger charge is -2.37. The van der Waals surface area contributed by atoms with E-state index >= 15 is 0 Å². The zero-order valence-electron chi connectivity index (χ0n) is 18.7. The summed E-state index contributed by atoms with van der Waals surface area (Å²) in [7, 11) is -0.243. The quantitative estimate of drug-likeness (QED) is 0.233. The zero-order chi connectivity index (χ0) is 22.9. The minimum atomic E-state index is -1.93. The smallest absolute Gasteiger partial charge is 0.250 e. The number of aromatic nitrogens is 2. The highest BCUT2D eigenvalue weighted by atomic mass is 79.9. The second kappa shape index (κ2) is 9.14. The molecule has 0 saturated heterocycles. The molecule has 0 radical (unpaired) electrons. The number of rotatable bonds is 6. The molecule has 4 nitrogen and oxygen atoms in total. The predicted octanol–water partition coefficient (Wildman–Crippen LogP) is 7.32. The molecular weight excluding hydrogens is 536 g/mol. The third kappa shape index (κ3) is 4.95. The summed E-state index contributed by atoms with van der Waals surface area (Å²) < 4.78 is 14.1. The lowest BCUT2D eigenvalue weighted by molar-refractivity contribution is 0.0508. The van der Waals surface area contributed by atoms with Gasteiger partial charge in [0.05, 0.1) is 11.4 Å². The van der Waals surface area contributed by atoms with Crippen molar-refractivity contribution >= 4 is 40.2 Å². The average molecular weight is 564 g/mol. The van der Waals surface area contributed by atoms with E-state index < -0.39 is 13.9 Å². The Morgan fingerprint density at radius 2 is 1.26 bits per heavy atom. The molecule has 0 N–H and O–H groups in total. The molecule has 0 aliphatic heterocycles. The van der Waals surface area contributed by atoms with Crippen LogP contribution in [0, 0.1) is 0 Å². The van der Waals surface area contributed by atoms with Gasteiger partial charge in [0.15, 0.2) is 5.60 Å². The highest BCUT2D eigenvalue weighted by molar-refractivity contribution is 9.10. The zero-order valence-corrected chi connectivity index (χ0v) is 22.9. The van der Waals surface area contributed by atoms with Gasteiger partial charge in [-0.05, 0) is 92.0 Å². The maximum Gasteiger partial charge on any atom is 0.250 e. The molecule has 0 saturated carbocycles.